The van der Waals surface area contributed by atoms with Crippen molar-refractivity contribution in [3.05, 3.63) is 28.2 Å². The van der Waals surface area contributed by atoms with E-state index in [9.17, 15) is 9.90 Å². The molecule has 0 aromatic heterocycles. The number of carboxylic acid groups (broad SMARTS) is 1. The molecule has 2 rings (SSSR count). The van der Waals surface area contributed by atoms with Crippen LogP contribution in [-0.4, -0.2) is 17.6 Å². The number of aliphatic carboxylic acids is 1. The Balaban J connectivity index is 2.06. The fraction of sp³-hybridized carbons (Fsp3) is 0.467. The highest BCUT2D eigenvalue weighted by atomic mass is 79.9. The highest BCUT2D eigenvalue weighted by Gasteiger charge is 2.30. The Morgan fingerprint density at radius 2 is 2.20 bits per heavy atom. The zero-order valence-corrected chi connectivity index (χ0v) is 12.7. The standard InChI is InChI=1S/C15H17BrN2O2/c16-12-6-5-10(8-17)14(7-12)18-9-11-3-1-2-4-13(11)15(19)20/h5-7,11,13,18H,1-4,9H2,(H,19,20). The molecule has 1 fully saturated rings. The number of nitriles is 1. The number of nitrogens with one attached hydrogen (secondary N) is 1. The zero-order valence-electron chi connectivity index (χ0n) is 11.1. The lowest BCUT2D eigenvalue weighted by Gasteiger charge is -2.29. The Morgan fingerprint density at radius 1 is 1.45 bits per heavy atom. The third-order valence-electron chi connectivity index (χ3n) is 3.88. The van der Waals surface area contributed by atoms with Crippen LogP contribution in [0, 0.1) is 23.2 Å². The van der Waals surface area contributed by atoms with E-state index < -0.39 is 5.97 Å². The van der Waals surface area contributed by atoms with Crippen LogP contribution in [0.1, 0.15) is 31.2 Å². The van der Waals surface area contributed by atoms with Gasteiger partial charge in [0.2, 0.25) is 0 Å². The number of halogens is 1. The molecule has 0 radical (unpaired) electrons. The number of benzene rings is 1. The summed E-state index contributed by atoms with van der Waals surface area (Å²) in [5.41, 5.74) is 1.34. The van der Waals surface area contributed by atoms with Crippen molar-refractivity contribution in [1.29, 1.82) is 5.26 Å². The van der Waals surface area contributed by atoms with Crippen molar-refractivity contribution in [3.63, 3.8) is 0 Å². The molecule has 1 aromatic carbocycles. The molecular weight excluding hydrogens is 320 g/mol. The van der Waals surface area contributed by atoms with Gasteiger partial charge in [0.1, 0.15) is 6.07 Å². The van der Waals surface area contributed by atoms with Gasteiger partial charge in [0.25, 0.3) is 0 Å². The third kappa shape index (κ3) is 3.51. The van der Waals surface area contributed by atoms with Gasteiger partial charge in [0, 0.05) is 11.0 Å². The lowest BCUT2D eigenvalue weighted by Crippen LogP contribution is -2.31. The molecule has 20 heavy (non-hydrogen) atoms. The van der Waals surface area contributed by atoms with Crippen molar-refractivity contribution in [2.75, 3.05) is 11.9 Å². The molecule has 0 saturated heterocycles. The molecular formula is C15H17BrN2O2. The zero-order chi connectivity index (χ0) is 14.5. The van der Waals surface area contributed by atoms with Crippen molar-refractivity contribution in [2.45, 2.75) is 25.7 Å². The average Bonchev–Trinajstić information content (AvgIpc) is 2.45. The molecule has 2 unspecified atom stereocenters. The SMILES string of the molecule is N#Cc1ccc(Br)cc1NCC1CCCCC1C(=O)O. The van der Waals surface area contributed by atoms with Gasteiger partial charge < -0.3 is 10.4 Å². The Bertz CT molecular complexity index is 539. The minimum absolute atomic E-state index is 0.131. The van der Waals surface area contributed by atoms with Crippen molar-refractivity contribution >= 4 is 27.6 Å². The first-order chi connectivity index (χ1) is 9.61. The van der Waals surface area contributed by atoms with E-state index >= 15 is 0 Å². The van der Waals surface area contributed by atoms with Crippen LogP contribution < -0.4 is 5.32 Å². The molecule has 0 bridgehead atoms. The van der Waals surface area contributed by atoms with Gasteiger partial charge >= 0.3 is 5.97 Å². The maximum atomic E-state index is 11.3. The molecule has 2 atom stereocenters. The number of carboxylic acids is 1. The van der Waals surface area contributed by atoms with Gasteiger partial charge in [-0.1, -0.05) is 28.8 Å². The van der Waals surface area contributed by atoms with E-state index in [1.165, 1.54) is 0 Å². The quantitative estimate of drug-likeness (QED) is 0.880. The molecule has 0 aliphatic heterocycles. The van der Waals surface area contributed by atoms with Crippen LogP contribution in [0.5, 0.6) is 0 Å². The van der Waals surface area contributed by atoms with Gasteiger partial charge in [-0.2, -0.15) is 5.26 Å². The first-order valence-corrected chi connectivity index (χ1v) is 7.57. The van der Waals surface area contributed by atoms with Gasteiger partial charge in [-0.25, -0.2) is 0 Å². The summed E-state index contributed by atoms with van der Waals surface area (Å²) in [6.07, 6.45) is 3.76. The van der Waals surface area contributed by atoms with Gasteiger partial charge in [-0.3, -0.25) is 4.79 Å². The van der Waals surface area contributed by atoms with E-state index in [-0.39, 0.29) is 11.8 Å². The van der Waals surface area contributed by atoms with Gasteiger partial charge in [-0.15, -0.1) is 0 Å². The lowest BCUT2D eigenvalue weighted by molar-refractivity contribution is -0.144. The normalized spacial score (nSPS) is 22.0. The van der Waals surface area contributed by atoms with Crippen molar-refractivity contribution in [2.24, 2.45) is 11.8 Å². The molecule has 4 nitrogen and oxygen atoms in total. The number of nitrogens with zero attached hydrogens (tertiary/aromatic N) is 1. The first-order valence-electron chi connectivity index (χ1n) is 6.78. The largest absolute Gasteiger partial charge is 0.481 e. The van der Waals surface area contributed by atoms with Crippen molar-refractivity contribution in [3.8, 4) is 6.07 Å². The van der Waals surface area contributed by atoms with E-state index in [2.05, 4.69) is 27.3 Å². The van der Waals surface area contributed by atoms with E-state index in [1.54, 1.807) is 6.07 Å². The minimum atomic E-state index is -0.703. The Labute approximate surface area is 126 Å². The molecule has 1 aliphatic rings. The molecule has 0 amide bonds. The predicted molar refractivity (Wildman–Crippen MR) is 80.4 cm³/mol. The maximum absolute atomic E-state index is 11.3. The number of hydrogen-bond donors (Lipinski definition) is 2. The molecule has 5 heteroatoms. The molecule has 106 valence electrons. The van der Waals surface area contributed by atoms with Crippen LogP contribution in [-0.2, 0) is 4.79 Å². The Morgan fingerprint density at radius 3 is 2.90 bits per heavy atom. The fourth-order valence-corrected chi connectivity index (χ4v) is 3.14. The summed E-state index contributed by atoms with van der Waals surface area (Å²) >= 11 is 3.38. The second-order valence-corrected chi connectivity index (χ2v) is 6.09. The van der Waals surface area contributed by atoms with Crippen LogP contribution in [0.4, 0.5) is 5.69 Å². The van der Waals surface area contributed by atoms with E-state index in [0.29, 0.717) is 12.1 Å². The number of hydrogen-bond acceptors (Lipinski definition) is 3. The summed E-state index contributed by atoms with van der Waals surface area (Å²) in [6, 6.07) is 7.58. The molecule has 2 N–H and O–H groups in total. The van der Waals surface area contributed by atoms with Crippen molar-refractivity contribution < 1.29 is 9.90 Å². The molecule has 1 saturated carbocycles. The van der Waals surface area contributed by atoms with Crippen LogP contribution in [0.25, 0.3) is 0 Å². The second kappa shape index (κ2) is 6.76. The van der Waals surface area contributed by atoms with Crippen LogP contribution >= 0.6 is 15.9 Å². The van der Waals surface area contributed by atoms with Crippen LogP contribution in [0.15, 0.2) is 22.7 Å². The lowest BCUT2D eigenvalue weighted by atomic mass is 9.79. The monoisotopic (exact) mass is 336 g/mol. The van der Waals surface area contributed by atoms with Gasteiger partial charge in [0.15, 0.2) is 0 Å². The van der Waals surface area contributed by atoms with Gasteiger partial charge in [-0.05, 0) is 37.0 Å². The predicted octanol–water partition coefficient (Wildman–Crippen LogP) is 3.62. The number of rotatable bonds is 4. The number of anilines is 1. The highest BCUT2D eigenvalue weighted by molar-refractivity contribution is 9.10. The first kappa shape index (κ1) is 14.9. The number of carbonyl (C=O) groups is 1. The second-order valence-electron chi connectivity index (χ2n) is 5.17. The van der Waals surface area contributed by atoms with E-state index in [0.717, 1.165) is 35.8 Å². The van der Waals surface area contributed by atoms with E-state index in [1.807, 2.05) is 12.1 Å². The smallest absolute Gasteiger partial charge is 0.306 e. The maximum Gasteiger partial charge on any atom is 0.306 e. The Hall–Kier alpha value is -1.54. The summed E-state index contributed by atoms with van der Waals surface area (Å²) in [5.74, 6) is -0.841. The Kier molecular flexibility index (Phi) is 5.02. The molecule has 0 spiro atoms. The van der Waals surface area contributed by atoms with Crippen LogP contribution in [0.2, 0.25) is 0 Å². The summed E-state index contributed by atoms with van der Waals surface area (Å²) in [4.78, 5) is 11.3. The van der Waals surface area contributed by atoms with Gasteiger partial charge in [0.05, 0.1) is 17.2 Å². The van der Waals surface area contributed by atoms with Crippen molar-refractivity contribution in [1.82, 2.24) is 0 Å². The molecule has 1 aromatic rings. The topological polar surface area (TPSA) is 73.1 Å². The molecule has 1 aliphatic carbocycles. The summed E-state index contributed by atoms with van der Waals surface area (Å²) in [7, 11) is 0. The van der Waals surface area contributed by atoms with Crippen LogP contribution in [0.3, 0.4) is 0 Å². The van der Waals surface area contributed by atoms with E-state index in [4.69, 9.17) is 5.26 Å². The summed E-state index contributed by atoms with van der Waals surface area (Å²) in [5, 5.41) is 21.6. The average molecular weight is 337 g/mol. The molecule has 0 heterocycles. The summed E-state index contributed by atoms with van der Waals surface area (Å²) < 4.78 is 0.900. The third-order valence-corrected chi connectivity index (χ3v) is 4.38. The summed E-state index contributed by atoms with van der Waals surface area (Å²) in [6.45, 7) is 0.599. The highest BCUT2D eigenvalue weighted by Crippen LogP contribution is 2.31. The fourth-order valence-electron chi connectivity index (χ4n) is 2.78. The minimum Gasteiger partial charge on any atom is -0.481 e.